The molecule has 0 aromatic carbocycles. The highest BCUT2D eigenvalue weighted by molar-refractivity contribution is 7.46. The first-order valence-corrected chi connectivity index (χ1v) is 7.40. The molecule has 0 aliphatic carbocycles. The van der Waals surface area contributed by atoms with Crippen LogP contribution in [0.15, 0.2) is 17.1 Å². The van der Waals surface area contributed by atoms with Crippen molar-refractivity contribution in [2.24, 2.45) is 0 Å². The third-order valence-corrected chi connectivity index (χ3v) is 3.49. The minimum Gasteiger partial charge on any atom is -0.394 e. The van der Waals surface area contributed by atoms with Crippen LogP contribution >= 0.6 is 7.82 Å². The maximum Gasteiger partial charge on any atom is 0.473 e. The number of phosphoric ester groups is 1. The van der Waals surface area contributed by atoms with Gasteiger partial charge in [0.1, 0.15) is 18.0 Å². The zero-order valence-corrected chi connectivity index (χ0v) is 11.8. The molecule has 22 heavy (non-hydrogen) atoms. The number of nitrogens with zero attached hydrogens (tertiary/aromatic N) is 2. The first-order valence-electron chi connectivity index (χ1n) is 5.87. The number of anilines is 1. The van der Waals surface area contributed by atoms with E-state index in [4.69, 9.17) is 25.4 Å². The molecule has 0 unspecified atom stereocenters. The molecular weight excluding hydrogens is 325 g/mol. The number of rotatable bonds is 4. The van der Waals surface area contributed by atoms with Crippen LogP contribution in [0.1, 0.15) is 0 Å². The predicted molar refractivity (Wildman–Crippen MR) is 68.0 cm³/mol. The van der Waals surface area contributed by atoms with Gasteiger partial charge in [0.25, 0.3) is 5.91 Å². The van der Waals surface area contributed by atoms with Crippen molar-refractivity contribution in [2.75, 3.05) is 12.3 Å². The van der Waals surface area contributed by atoms with Gasteiger partial charge in [-0.1, -0.05) is 0 Å². The summed E-state index contributed by atoms with van der Waals surface area (Å²) in [5, 5.41) is 28.9. The average Bonchev–Trinajstić information content (AvgIpc) is 2.62. The van der Waals surface area contributed by atoms with Crippen molar-refractivity contribution in [1.82, 2.24) is 9.55 Å². The summed E-state index contributed by atoms with van der Waals surface area (Å²) < 4.78 is 21.0. The summed E-state index contributed by atoms with van der Waals surface area (Å²) >= 11 is 0. The number of aliphatic hydroxyl groups excluding tert-OH is 3. The first kappa shape index (κ1) is 17.0. The zero-order valence-electron chi connectivity index (χ0n) is 10.9. The number of nitrogens with two attached hydrogens (primary N) is 1. The average molecular weight is 339 g/mol. The molecular formula is C9H14N3O9P. The standard InChI is InChI=1S/C9H14N3O9P/c10-5-1-2-12(8(16)11-5)9(21-22(17,18)19)7(15)6(14)4(3-13)20-9/h1-2,4,6-7,13-15H,3H2,(H2,10,11,16)(H2,17,18,19)/t4-,6-,7-,9+/m1/s1. The van der Waals surface area contributed by atoms with Crippen molar-refractivity contribution in [1.29, 1.82) is 0 Å². The van der Waals surface area contributed by atoms with Crippen molar-refractivity contribution >= 4 is 13.6 Å². The Balaban J connectivity index is 2.62. The lowest BCUT2D eigenvalue weighted by atomic mass is 10.1. The van der Waals surface area contributed by atoms with Crippen molar-refractivity contribution in [3.8, 4) is 0 Å². The van der Waals surface area contributed by atoms with Crippen molar-refractivity contribution in [3.05, 3.63) is 22.7 Å². The van der Waals surface area contributed by atoms with Crippen LogP contribution in [-0.4, -0.2) is 59.6 Å². The molecule has 12 nitrogen and oxygen atoms in total. The highest BCUT2D eigenvalue weighted by Gasteiger charge is 2.60. The van der Waals surface area contributed by atoms with Crippen LogP contribution in [0.2, 0.25) is 0 Å². The molecule has 1 saturated heterocycles. The fraction of sp³-hybridized carbons (Fsp3) is 0.556. The normalized spacial score (nSPS) is 32.3. The van der Waals surface area contributed by atoms with Crippen LogP contribution in [0.3, 0.4) is 0 Å². The third kappa shape index (κ3) is 2.91. The van der Waals surface area contributed by atoms with Crippen LogP contribution in [0.25, 0.3) is 0 Å². The smallest absolute Gasteiger partial charge is 0.394 e. The fourth-order valence-electron chi connectivity index (χ4n) is 2.06. The Bertz CT molecular complexity index is 660. The molecule has 13 heteroatoms. The van der Waals surface area contributed by atoms with E-state index in [0.717, 1.165) is 12.3 Å². The molecule has 1 aliphatic heterocycles. The number of hydrogen-bond donors (Lipinski definition) is 6. The van der Waals surface area contributed by atoms with Crippen LogP contribution in [0, 0.1) is 0 Å². The highest BCUT2D eigenvalue weighted by atomic mass is 31.2. The van der Waals surface area contributed by atoms with Crippen LogP contribution in [0.4, 0.5) is 5.82 Å². The van der Waals surface area contributed by atoms with Crippen molar-refractivity contribution in [3.63, 3.8) is 0 Å². The Labute approximate surface area is 122 Å². The SMILES string of the molecule is Nc1ccn([C@]2(OP(=O)(O)O)O[C@H](CO)[C@@H](O)[C@H]2O)c(=O)n1. The van der Waals surface area contributed by atoms with Gasteiger partial charge >= 0.3 is 13.5 Å². The molecule has 1 aromatic heterocycles. The Morgan fingerprint density at radius 1 is 1.50 bits per heavy atom. The summed E-state index contributed by atoms with van der Waals surface area (Å²) in [6.07, 6.45) is -4.41. The second-order valence-electron chi connectivity index (χ2n) is 4.49. The lowest BCUT2D eigenvalue weighted by Crippen LogP contribution is -2.52. The van der Waals surface area contributed by atoms with Gasteiger partial charge in [-0.05, 0) is 6.07 Å². The molecule has 2 heterocycles. The molecule has 1 aliphatic rings. The summed E-state index contributed by atoms with van der Waals surface area (Å²) in [6.45, 7) is -0.804. The van der Waals surface area contributed by atoms with E-state index < -0.39 is 44.3 Å². The van der Waals surface area contributed by atoms with E-state index >= 15 is 0 Å². The van der Waals surface area contributed by atoms with Crippen LogP contribution in [-0.2, 0) is 19.7 Å². The number of ether oxygens (including phenoxy) is 1. The third-order valence-electron chi connectivity index (χ3n) is 2.99. The van der Waals surface area contributed by atoms with Gasteiger partial charge in [-0.2, -0.15) is 4.98 Å². The van der Waals surface area contributed by atoms with Gasteiger partial charge in [-0.15, -0.1) is 0 Å². The predicted octanol–water partition coefficient (Wildman–Crippen LogP) is -3.34. The van der Waals surface area contributed by atoms with Gasteiger partial charge < -0.3 is 35.6 Å². The molecule has 7 N–H and O–H groups in total. The molecule has 124 valence electrons. The Hall–Kier alpha value is -1.37. The van der Waals surface area contributed by atoms with Crippen LogP contribution in [0.5, 0.6) is 0 Å². The van der Waals surface area contributed by atoms with Gasteiger partial charge in [-0.25, -0.2) is 18.5 Å². The largest absolute Gasteiger partial charge is 0.473 e. The lowest BCUT2D eigenvalue weighted by Gasteiger charge is -2.32. The second-order valence-corrected chi connectivity index (χ2v) is 5.66. The zero-order chi connectivity index (χ0) is 16.7. The molecule has 0 bridgehead atoms. The monoisotopic (exact) mass is 339 g/mol. The molecule has 0 radical (unpaired) electrons. The number of phosphoric acid groups is 1. The van der Waals surface area contributed by atoms with Gasteiger partial charge in [0.2, 0.25) is 0 Å². The maximum absolute atomic E-state index is 11.9. The number of nitrogen functional groups attached to an aromatic ring is 1. The minimum absolute atomic E-state index is 0.195. The van der Waals surface area contributed by atoms with E-state index in [1.807, 2.05) is 0 Å². The van der Waals surface area contributed by atoms with Crippen molar-refractivity contribution in [2.45, 2.75) is 24.2 Å². The van der Waals surface area contributed by atoms with E-state index in [1.54, 1.807) is 0 Å². The van der Waals surface area contributed by atoms with Gasteiger partial charge in [-0.3, -0.25) is 0 Å². The van der Waals surface area contributed by atoms with E-state index in [-0.39, 0.29) is 5.82 Å². The van der Waals surface area contributed by atoms with Crippen LogP contribution < -0.4 is 11.4 Å². The molecule has 1 fully saturated rings. The summed E-state index contributed by atoms with van der Waals surface area (Å²) in [5.41, 5.74) is 4.15. The quantitative estimate of drug-likeness (QED) is 0.300. The minimum atomic E-state index is -5.27. The molecule has 2 rings (SSSR count). The van der Waals surface area contributed by atoms with E-state index in [9.17, 15) is 19.6 Å². The van der Waals surface area contributed by atoms with E-state index in [2.05, 4.69) is 9.51 Å². The van der Waals surface area contributed by atoms with Crippen molar-refractivity contribution < 1.29 is 38.9 Å². The number of hydrogen-bond acceptors (Lipinski definition) is 9. The number of aromatic nitrogens is 2. The second kappa shape index (κ2) is 5.68. The maximum atomic E-state index is 11.9. The van der Waals surface area contributed by atoms with E-state index in [0.29, 0.717) is 4.57 Å². The summed E-state index contributed by atoms with van der Waals surface area (Å²) in [4.78, 5) is 33.2. The van der Waals surface area contributed by atoms with Gasteiger partial charge in [0.05, 0.1) is 6.61 Å². The fourth-order valence-corrected chi connectivity index (χ4v) is 2.64. The first-order chi connectivity index (χ1) is 10.1. The van der Waals surface area contributed by atoms with E-state index in [1.165, 1.54) is 0 Å². The Kier molecular flexibility index (Phi) is 4.39. The lowest BCUT2D eigenvalue weighted by molar-refractivity contribution is -0.279. The number of aliphatic hydroxyl groups is 3. The summed E-state index contributed by atoms with van der Waals surface area (Å²) in [7, 11) is -5.27. The Morgan fingerprint density at radius 2 is 2.14 bits per heavy atom. The molecule has 0 spiro atoms. The summed E-state index contributed by atoms with van der Waals surface area (Å²) in [6, 6.07) is 1.08. The topological polar surface area (TPSA) is 198 Å². The molecule has 0 saturated carbocycles. The molecule has 4 atom stereocenters. The van der Waals surface area contributed by atoms with Gasteiger partial charge in [0, 0.05) is 6.20 Å². The summed E-state index contributed by atoms with van der Waals surface area (Å²) in [5.74, 6) is -2.97. The molecule has 0 amide bonds. The Morgan fingerprint density at radius 3 is 2.59 bits per heavy atom. The van der Waals surface area contributed by atoms with Gasteiger partial charge in [0.15, 0.2) is 6.10 Å². The molecule has 1 aromatic rings. The highest BCUT2D eigenvalue weighted by Crippen LogP contribution is 2.48.